The second-order valence-electron chi connectivity index (χ2n) is 5.11. The number of para-hydroxylation sites is 1. The van der Waals surface area contributed by atoms with Crippen molar-refractivity contribution in [1.82, 2.24) is 15.2 Å². The molecule has 100 valence electrons. The van der Waals surface area contributed by atoms with E-state index in [1.165, 1.54) is 10.9 Å². The lowest BCUT2D eigenvalue weighted by atomic mass is 10.1. The van der Waals surface area contributed by atoms with Crippen molar-refractivity contribution in [2.45, 2.75) is 13.5 Å². The molecule has 0 spiro atoms. The minimum Gasteiger partial charge on any atom is -0.314 e. The number of aromatic nitrogens is 1. The minimum absolute atomic E-state index is 0.639. The first-order chi connectivity index (χ1) is 9.24. The van der Waals surface area contributed by atoms with Gasteiger partial charge in [0.2, 0.25) is 0 Å². The third-order valence-electron chi connectivity index (χ3n) is 3.68. The van der Waals surface area contributed by atoms with Crippen LogP contribution in [0.3, 0.4) is 0 Å². The van der Waals surface area contributed by atoms with E-state index in [1.807, 2.05) is 0 Å². The molecule has 0 bridgehead atoms. The molecule has 0 radical (unpaired) electrons. The molecule has 19 heavy (non-hydrogen) atoms. The van der Waals surface area contributed by atoms with E-state index in [9.17, 15) is 0 Å². The number of hydrogen-bond acceptors (Lipinski definition) is 3. The Bertz CT molecular complexity index is 591. The number of halogens is 1. The van der Waals surface area contributed by atoms with Crippen LogP contribution in [0.25, 0.3) is 10.9 Å². The predicted molar refractivity (Wildman–Crippen MR) is 79.6 cm³/mol. The van der Waals surface area contributed by atoms with Gasteiger partial charge in [-0.05, 0) is 18.6 Å². The van der Waals surface area contributed by atoms with Gasteiger partial charge in [-0.2, -0.15) is 0 Å². The molecule has 1 aliphatic heterocycles. The molecule has 1 saturated heterocycles. The summed E-state index contributed by atoms with van der Waals surface area (Å²) in [6, 6.07) is 8.43. The van der Waals surface area contributed by atoms with Crippen LogP contribution in [-0.4, -0.2) is 36.1 Å². The zero-order chi connectivity index (χ0) is 13.2. The maximum atomic E-state index is 6.34. The van der Waals surface area contributed by atoms with Gasteiger partial charge in [0.15, 0.2) is 0 Å². The van der Waals surface area contributed by atoms with Crippen molar-refractivity contribution in [2.24, 2.45) is 0 Å². The highest BCUT2D eigenvalue weighted by atomic mass is 35.5. The highest BCUT2D eigenvalue weighted by Crippen LogP contribution is 2.24. The van der Waals surface area contributed by atoms with E-state index in [0.717, 1.165) is 43.8 Å². The molecule has 0 aliphatic carbocycles. The van der Waals surface area contributed by atoms with Gasteiger partial charge in [0.05, 0.1) is 5.52 Å². The number of nitrogens with one attached hydrogen (secondary N) is 1. The predicted octanol–water partition coefficient (Wildman–Crippen LogP) is 2.60. The molecule has 0 atom stereocenters. The Morgan fingerprint density at radius 1 is 1.32 bits per heavy atom. The molecule has 3 nitrogen and oxygen atoms in total. The Morgan fingerprint density at radius 3 is 2.89 bits per heavy atom. The van der Waals surface area contributed by atoms with E-state index in [-0.39, 0.29) is 0 Å². The summed E-state index contributed by atoms with van der Waals surface area (Å²) >= 11 is 6.34. The van der Waals surface area contributed by atoms with Gasteiger partial charge < -0.3 is 5.32 Å². The molecule has 1 aromatic heterocycles. The monoisotopic (exact) mass is 275 g/mol. The van der Waals surface area contributed by atoms with Crippen LogP contribution in [0.2, 0.25) is 5.15 Å². The zero-order valence-electron chi connectivity index (χ0n) is 11.1. The minimum atomic E-state index is 0.639. The summed E-state index contributed by atoms with van der Waals surface area (Å²) in [6.45, 7) is 7.21. The van der Waals surface area contributed by atoms with Gasteiger partial charge in [0, 0.05) is 43.7 Å². The smallest absolute Gasteiger partial charge is 0.134 e. The molecule has 2 heterocycles. The molecule has 1 aromatic carbocycles. The van der Waals surface area contributed by atoms with Crippen LogP contribution in [0, 0.1) is 6.92 Å². The molecule has 1 aliphatic rings. The van der Waals surface area contributed by atoms with Gasteiger partial charge in [-0.15, -0.1) is 0 Å². The first-order valence-electron chi connectivity index (χ1n) is 6.72. The summed E-state index contributed by atoms with van der Waals surface area (Å²) < 4.78 is 0. The maximum Gasteiger partial charge on any atom is 0.134 e. The summed E-state index contributed by atoms with van der Waals surface area (Å²) in [5.41, 5.74) is 3.31. The first-order valence-corrected chi connectivity index (χ1v) is 7.09. The Balaban J connectivity index is 1.92. The molecule has 0 saturated carbocycles. The number of hydrogen-bond donors (Lipinski definition) is 1. The molecule has 3 rings (SSSR count). The van der Waals surface area contributed by atoms with Gasteiger partial charge in [-0.1, -0.05) is 29.8 Å². The van der Waals surface area contributed by atoms with Gasteiger partial charge in [-0.25, -0.2) is 4.98 Å². The molecule has 0 unspecified atom stereocenters. The van der Waals surface area contributed by atoms with Crippen molar-refractivity contribution in [1.29, 1.82) is 0 Å². The van der Waals surface area contributed by atoms with Gasteiger partial charge in [0.1, 0.15) is 5.15 Å². The van der Waals surface area contributed by atoms with Gasteiger partial charge >= 0.3 is 0 Å². The first kappa shape index (κ1) is 12.9. The highest BCUT2D eigenvalue weighted by Gasteiger charge is 2.13. The van der Waals surface area contributed by atoms with Crippen LogP contribution in [0.5, 0.6) is 0 Å². The van der Waals surface area contributed by atoms with Gasteiger partial charge in [0.25, 0.3) is 0 Å². The van der Waals surface area contributed by atoms with Crippen LogP contribution in [0.15, 0.2) is 24.3 Å². The lowest BCUT2D eigenvalue weighted by molar-refractivity contribution is 0.233. The van der Waals surface area contributed by atoms with Crippen molar-refractivity contribution in [3.8, 4) is 0 Å². The topological polar surface area (TPSA) is 28.2 Å². The summed E-state index contributed by atoms with van der Waals surface area (Å²) in [5.74, 6) is 0. The Kier molecular flexibility index (Phi) is 3.69. The third-order valence-corrected chi connectivity index (χ3v) is 4.00. The van der Waals surface area contributed by atoms with Crippen molar-refractivity contribution < 1.29 is 0 Å². The summed E-state index contributed by atoms with van der Waals surface area (Å²) in [5, 5.41) is 5.18. The van der Waals surface area contributed by atoms with Crippen molar-refractivity contribution in [2.75, 3.05) is 26.2 Å². The summed E-state index contributed by atoms with van der Waals surface area (Å²) in [4.78, 5) is 6.98. The van der Waals surface area contributed by atoms with Crippen molar-refractivity contribution in [3.05, 3.63) is 40.5 Å². The van der Waals surface area contributed by atoms with Crippen molar-refractivity contribution >= 4 is 22.5 Å². The largest absolute Gasteiger partial charge is 0.314 e. The molecule has 0 amide bonds. The summed E-state index contributed by atoms with van der Waals surface area (Å²) in [7, 11) is 0. The normalized spacial score (nSPS) is 16.9. The SMILES string of the molecule is Cc1cccc2cc(CN3CCNCC3)c(Cl)nc12. The molecule has 1 N–H and O–H groups in total. The van der Waals surface area contributed by atoms with Gasteiger partial charge in [-0.3, -0.25) is 4.90 Å². The molecule has 1 fully saturated rings. The van der Waals surface area contributed by atoms with E-state index in [2.05, 4.69) is 46.4 Å². The number of fused-ring (bicyclic) bond motifs is 1. The molecule has 2 aromatic rings. The van der Waals surface area contributed by atoms with E-state index >= 15 is 0 Å². The van der Waals surface area contributed by atoms with E-state index in [4.69, 9.17) is 11.6 Å². The van der Waals surface area contributed by atoms with Crippen LogP contribution in [0.1, 0.15) is 11.1 Å². The summed E-state index contributed by atoms with van der Waals surface area (Å²) in [6.07, 6.45) is 0. The number of piperazine rings is 1. The molecular formula is C15H18ClN3. The second kappa shape index (κ2) is 5.45. The fraction of sp³-hybridized carbons (Fsp3) is 0.400. The van der Waals surface area contributed by atoms with Crippen LogP contribution in [0.4, 0.5) is 0 Å². The van der Waals surface area contributed by atoms with Crippen LogP contribution < -0.4 is 5.32 Å². The van der Waals surface area contributed by atoms with E-state index in [1.54, 1.807) is 0 Å². The number of aryl methyl sites for hydroxylation is 1. The second-order valence-corrected chi connectivity index (χ2v) is 5.47. The lowest BCUT2D eigenvalue weighted by Gasteiger charge is -2.27. The van der Waals surface area contributed by atoms with E-state index in [0.29, 0.717) is 5.15 Å². The standard InChI is InChI=1S/C15H18ClN3/c1-11-3-2-4-12-9-13(15(16)18-14(11)12)10-19-7-5-17-6-8-19/h2-4,9,17H,5-8,10H2,1H3. The fourth-order valence-corrected chi connectivity index (χ4v) is 2.79. The van der Waals surface area contributed by atoms with Crippen molar-refractivity contribution in [3.63, 3.8) is 0 Å². The third kappa shape index (κ3) is 2.73. The average molecular weight is 276 g/mol. The molecule has 4 heteroatoms. The maximum absolute atomic E-state index is 6.34. The lowest BCUT2D eigenvalue weighted by Crippen LogP contribution is -2.42. The number of nitrogens with zero attached hydrogens (tertiary/aromatic N) is 2. The average Bonchev–Trinajstić information content (AvgIpc) is 2.42. The fourth-order valence-electron chi connectivity index (χ4n) is 2.59. The number of pyridine rings is 1. The van der Waals surface area contributed by atoms with Crippen LogP contribution >= 0.6 is 11.6 Å². The quantitative estimate of drug-likeness (QED) is 0.854. The number of benzene rings is 1. The number of rotatable bonds is 2. The highest BCUT2D eigenvalue weighted by molar-refractivity contribution is 6.30. The van der Waals surface area contributed by atoms with E-state index < -0.39 is 0 Å². The zero-order valence-corrected chi connectivity index (χ0v) is 11.9. The Morgan fingerprint density at radius 2 is 2.11 bits per heavy atom. The Hall–Kier alpha value is -1.16. The van der Waals surface area contributed by atoms with Crippen LogP contribution in [-0.2, 0) is 6.54 Å². The molecular weight excluding hydrogens is 258 g/mol. The Labute approximate surface area is 118 Å².